The van der Waals surface area contributed by atoms with Crippen LogP contribution in [-0.2, 0) is 0 Å². The van der Waals surface area contributed by atoms with E-state index in [4.69, 9.17) is 5.73 Å². The number of hydrogen-bond acceptors (Lipinski definition) is 3. The Morgan fingerprint density at radius 3 is 2.58 bits per heavy atom. The number of benzene rings is 1. The summed E-state index contributed by atoms with van der Waals surface area (Å²) in [5.41, 5.74) is 8.84. The Balaban J connectivity index is 2.11. The molecule has 0 bridgehead atoms. The van der Waals surface area contributed by atoms with Gasteiger partial charge in [-0.2, -0.15) is 0 Å². The largest absolute Gasteiger partial charge is 0.398 e. The summed E-state index contributed by atoms with van der Waals surface area (Å²) in [7, 11) is 0. The summed E-state index contributed by atoms with van der Waals surface area (Å²) >= 11 is 0. The zero-order valence-corrected chi connectivity index (χ0v) is 11.1. The SMILES string of the molecule is Cc1ccc(C(C)NC(=O)c2cnccc2N)cc1. The number of nitrogens with one attached hydrogen (secondary N) is 1. The number of amides is 1. The second kappa shape index (κ2) is 5.52. The average Bonchev–Trinajstić information content (AvgIpc) is 2.39. The maximum Gasteiger partial charge on any atom is 0.255 e. The number of nitrogen functional groups attached to an aromatic ring is 1. The van der Waals surface area contributed by atoms with E-state index in [0.29, 0.717) is 11.3 Å². The zero-order valence-electron chi connectivity index (χ0n) is 11.1. The normalized spacial score (nSPS) is 11.9. The first-order valence-corrected chi connectivity index (χ1v) is 6.15. The zero-order chi connectivity index (χ0) is 13.8. The highest BCUT2D eigenvalue weighted by molar-refractivity contribution is 5.98. The molecule has 0 spiro atoms. The number of aromatic nitrogens is 1. The number of anilines is 1. The van der Waals surface area contributed by atoms with Gasteiger partial charge in [-0.3, -0.25) is 9.78 Å². The smallest absolute Gasteiger partial charge is 0.255 e. The van der Waals surface area contributed by atoms with Crippen molar-refractivity contribution >= 4 is 11.6 Å². The van der Waals surface area contributed by atoms with E-state index in [1.54, 1.807) is 12.3 Å². The number of carbonyl (C=O) groups is 1. The quantitative estimate of drug-likeness (QED) is 0.885. The monoisotopic (exact) mass is 255 g/mol. The van der Waals surface area contributed by atoms with Crippen LogP contribution in [0.5, 0.6) is 0 Å². The van der Waals surface area contributed by atoms with E-state index in [9.17, 15) is 4.79 Å². The first-order chi connectivity index (χ1) is 9.08. The molecule has 1 aromatic heterocycles. The lowest BCUT2D eigenvalue weighted by Gasteiger charge is -2.15. The van der Waals surface area contributed by atoms with E-state index < -0.39 is 0 Å². The molecule has 19 heavy (non-hydrogen) atoms. The third-order valence-corrected chi connectivity index (χ3v) is 3.02. The molecule has 2 rings (SSSR count). The molecule has 4 nitrogen and oxygen atoms in total. The summed E-state index contributed by atoms with van der Waals surface area (Å²) in [5, 5.41) is 2.91. The van der Waals surface area contributed by atoms with Crippen LogP contribution in [0, 0.1) is 6.92 Å². The molecule has 98 valence electrons. The maximum atomic E-state index is 12.1. The van der Waals surface area contributed by atoms with E-state index in [1.165, 1.54) is 11.8 Å². The Kier molecular flexibility index (Phi) is 3.80. The first-order valence-electron chi connectivity index (χ1n) is 6.15. The van der Waals surface area contributed by atoms with E-state index in [0.717, 1.165) is 5.56 Å². The molecule has 1 aromatic carbocycles. The number of hydrogen-bond donors (Lipinski definition) is 2. The van der Waals surface area contributed by atoms with Crippen molar-refractivity contribution in [3.8, 4) is 0 Å². The third-order valence-electron chi connectivity index (χ3n) is 3.02. The van der Waals surface area contributed by atoms with Gasteiger partial charge >= 0.3 is 0 Å². The number of carbonyl (C=O) groups excluding carboxylic acids is 1. The van der Waals surface area contributed by atoms with Gasteiger partial charge in [-0.25, -0.2) is 0 Å². The van der Waals surface area contributed by atoms with Gasteiger partial charge in [-0.05, 0) is 25.5 Å². The van der Waals surface area contributed by atoms with Gasteiger partial charge in [-0.15, -0.1) is 0 Å². The van der Waals surface area contributed by atoms with Crippen molar-refractivity contribution in [1.29, 1.82) is 0 Å². The molecule has 4 heteroatoms. The number of nitrogens with zero attached hydrogens (tertiary/aromatic N) is 1. The summed E-state index contributed by atoms with van der Waals surface area (Å²) in [6, 6.07) is 9.60. The molecule has 0 aliphatic heterocycles. The number of rotatable bonds is 3. The van der Waals surface area contributed by atoms with Gasteiger partial charge in [-0.1, -0.05) is 29.8 Å². The van der Waals surface area contributed by atoms with Gasteiger partial charge in [0.05, 0.1) is 11.6 Å². The fourth-order valence-corrected chi connectivity index (χ4v) is 1.81. The van der Waals surface area contributed by atoms with Crippen molar-refractivity contribution in [2.24, 2.45) is 0 Å². The Hall–Kier alpha value is -2.36. The van der Waals surface area contributed by atoms with E-state index >= 15 is 0 Å². The molecular weight excluding hydrogens is 238 g/mol. The highest BCUT2D eigenvalue weighted by atomic mass is 16.1. The van der Waals surface area contributed by atoms with Crippen LogP contribution in [0.25, 0.3) is 0 Å². The summed E-state index contributed by atoms with van der Waals surface area (Å²) in [4.78, 5) is 16.0. The van der Waals surface area contributed by atoms with Crippen LogP contribution in [0.1, 0.15) is 34.5 Å². The molecule has 1 atom stereocenters. The van der Waals surface area contributed by atoms with Crippen molar-refractivity contribution in [1.82, 2.24) is 10.3 Å². The molecule has 0 radical (unpaired) electrons. The molecule has 0 aliphatic carbocycles. The van der Waals surface area contributed by atoms with E-state index in [-0.39, 0.29) is 11.9 Å². The van der Waals surface area contributed by atoms with Gasteiger partial charge in [0.15, 0.2) is 0 Å². The van der Waals surface area contributed by atoms with E-state index in [1.807, 2.05) is 38.1 Å². The summed E-state index contributed by atoms with van der Waals surface area (Å²) in [6.07, 6.45) is 3.04. The predicted octanol–water partition coefficient (Wildman–Crippen LogP) is 2.46. The van der Waals surface area contributed by atoms with Crippen LogP contribution in [0.2, 0.25) is 0 Å². The lowest BCUT2D eigenvalue weighted by Crippen LogP contribution is -2.27. The molecule has 0 aliphatic rings. The highest BCUT2D eigenvalue weighted by Gasteiger charge is 2.13. The Labute approximate surface area is 112 Å². The summed E-state index contributed by atoms with van der Waals surface area (Å²) in [6.45, 7) is 3.97. The molecule has 0 saturated carbocycles. The minimum atomic E-state index is -0.210. The summed E-state index contributed by atoms with van der Waals surface area (Å²) in [5.74, 6) is -0.210. The molecule has 2 aromatic rings. The molecule has 0 fully saturated rings. The molecule has 1 unspecified atom stereocenters. The highest BCUT2D eigenvalue weighted by Crippen LogP contribution is 2.15. The van der Waals surface area contributed by atoms with Gasteiger partial charge < -0.3 is 11.1 Å². The molecule has 0 saturated heterocycles. The lowest BCUT2D eigenvalue weighted by atomic mass is 10.1. The van der Waals surface area contributed by atoms with Gasteiger partial charge in [0.2, 0.25) is 0 Å². The number of pyridine rings is 1. The van der Waals surface area contributed by atoms with Crippen molar-refractivity contribution in [2.75, 3.05) is 5.73 Å². The third kappa shape index (κ3) is 3.10. The van der Waals surface area contributed by atoms with Crippen LogP contribution in [-0.4, -0.2) is 10.9 Å². The summed E-state index contributed by atoms with van der Waals surface area (Å²) < 4.78 is 0. The average molecular weight is 255 g/mol. The predicted molar refractivity (Wildman–Crippen MR) is 75.7 cm³/mol. The van der Waals surface area contributed by atoms with Gasteiger partial charge in [0.1, 0.15) is 0 Å². The van der Waals surface area contributed by atoms with Crippen molar-refractivity contribution in [3.63, 3.8) is 0 Å². The molecular formula is C15H17N3O. The number of aryl methyl sites for hydroxylation is 1. The second-order valence-corrected chi connectivity index (χ2v) is 4.57. The van der Waals surface area contributed by atoms with Gasteiger partial charge in [0.25, 0.3) is 5.91 Å². The lowest BCUT2D eigenvalue weighted by molar-refractivity contribution is 0.0940. The molecule has 3 N–H and O–H groups in total. The van der Waals surface area contributed by atoms with Crippen LogP contribution >= 0.6 is 0 Å². The fourth-order valence-electron chi connectivity index (χ4n) is 1.81. The van der Waals surface area contributed by atoms with Crippen molar-refractivity contribution < 1.29 is 4.79 Å². The first kappa shape index (κ1) is 13.1. The Morgan fingerprint density at radius 1 is 1.26 bits per heavy atom. The van der Waals surface area contributed by atoms with Crippen LogP contribution < -0.4 is 11.1 Å². The standard InChI is InChI=1S/C15H17N3O/c1-10-3-5-12(6-4-10)11(2)18-15(19)13-9-17-8-7-14(13)16/h3-9,11H,1-2H3,(H2,16,17)(H,18,19). The Bertz CT molecular complexity index is 578. The fraction of sp³-hybridized carbons (Fsp3) is 0.200. The van der Waals surface area contributed by atoms with Crippen molar-refractivity contribution in [2.45, 2.75) is 19.9 Å². The molecule has 1 heterocycles. The maximum absolute atomic E-state index is 12.1. The van der Waals surface area contributed by atoms with Crippen LogP contribution in [0.4, 0.5) is 5.69 Å². The minimum Gasteiger partial charge on any atom is -0.398 e. The Morgan fingerprint density at radius 2 is 1.95 bits per heavy atom. The second-order valence-electron chi connectivity index (χ2n) is 4.57. The molecule has 1 amide bonds. The van der Waals surface area contributed by atoms with Crippen molar-refractivity contribution in [3.05, 3.63) is 59.4 Å². The minimum absolute atomic E-state index is 0.0762. The topological polar surface area (TPSA) is 68.0 Å². The number of nitrogens with two attached hydrogens (primary N) is 1. The van der Waals surface area contributed by atoms with Crippen LogP contribution in [0.3, 0.4) is 0 Å². The van der Waals surface area contributed by atoms with Gasteiger partial charge in [0, 0.05) is 18.1 Å². The van der Waals surface area contributed by atoms with Crippen LogP contribution in [0.15, 0.2) is 42.7 Å². The van der Waals surface area contributed by atoms with E-state index in [2.05, 4.69) is 10.3 Å².